The van der Waals surface area contributed by atoms with Gasteiger partial charge in [0.25, 0.3) is 0 Å². The topological polar surface area (TPSA) is 61.8 Å². The van der Waals surface area contributed by atoms with Crippen LogP contribution in [0.25, 0.3) is 0 Å². The number of carboxylic acids is 1. The van der Waals surface area contributed by atoms with E-state index in [1.54, 1.807) is 14.0 Å². The highest BCUT2D eigenvalue weighted by atomic mass is 16.5. The first-order valence-corrected chi connectivity index (χ1v) is 5.58. The Hall–Kier alpha value is -0.650. The lowest BCUT2D eigenvalue weighted by Crippen LogP contribution is -2.59. The molecule has 1 fully saturated rings. The lowest BCUT2D eigenvalue weighted by molar-refractivity contribution is -0.147. The zero-order chi connectivity index (χ0) is 12.4. The monoisotopic (exact) mass is 230 g/mol. The van der Waals surface area contributed by atoms with Gasteiger partial charge in [-0.05, 0) is 27.8 Å². The maximum Gasteiger partial charge on any atom is 0.324 e. The van der Waals surface area contributed by atoms with Gasteiger partial charge in [-0.1, -0.05) is 0 Å². The molecule has 1 unspecified atom stereocenters. The Labute approximate surface area is 96.8 Å². The van der Waals surface area contributed by atoms with E-state index in [9.17, 15) is 9.90 Å². The summed E-state index contributed by atoms with van der Waals surface area (Å²) in [7, 11) is 1.68. The van der Waals surface area contributed by atoms with Crippen molar-refractivity contribution in [1.82, 2.24) is 10.2 Å². The zero-order valence-corrected chi connectivity index (χ0v) is 10.5. The maximum absolute atomic E-state index is 11.2. The van der Waals surface area contributed by atoms with E-state index in [-0.39, 0.29) is 5.60 Å². The molecule has 0 aromatic rings. The van der Waals surface area contributed by atoms with Crippen LogP contribution in [0.2, 0.25) is 0 Å². The van der Waals surface area contributed by atoms with Crippen LogP contribution in [0.15, 0.2) is 0 Å². The molecule has 1 aliphatic heterocycles. The molecule has 0 bridgehead atoms. The number of carbonyl (C=O) groups is 1. The summed E-state index contributed by atoms with van der Waals surface area (Å²) in [6.45, 7) is 8.45. The lowest BCUT2D eigenvalue weighted by Gasteiger charge is -2.41. The summed E-state index contributed by atoms with van der Waals surface area (Å²) < 4.78 is 5.59. The second-order valence-electron chi connectivity index (χ2n) is 5.21. The van der Waals surface area contributed by atoms with E-state index < -0.39 is 11.5 Å². The van der Waals surface area contributed by atoms with Gasteiger partial charge in [-0.2, -0.15) is 0 Å². The minimum atomic E-state index is -0.895. The van der Waals surface area contributed by atoms with Crippen molar-refractivity contribution < 1.29 is 14.6 Å². The third-order valence-corrected chi connectivity index (χ3v) is 3.07. The number of morpholine rings is 1. The van der Waals surface area contributed by atoms with Crippen molar-refractivity contribution in [3.63, 3.8) is 0 Å². The SMILES string of the molecule is CNC(C)(CN1CCOC(C)(C)C1)C(=O)O. The molecule has 1 saturated heterocycles. The van der Waals surface area contributed by atoms with Crippen LogP contribution in [0.1, 0.15) is 20.8 Å². The number of nitrogens with zero attached hydrogens (tertiary/aromatic N) is 1. The Morgan fingerprint density at radius 3 is 2.69 bits per heavy atom. The van der Waals surface area contributed by atoms with Gasteiger partial charge < -0.3 is 15.2 Å². The fraction of sp³-hybridized carbons (Fsp3) is 0.909. The second-order valence-corrected chi connectivity index (χ2v) is 5.21. The Morgan fingerprint density at radius 2 is 2.25 bits per heavy atom. The van der Waals surface area contributed by atoms with Crippen molar-refractivity contribution >= 4 is 5.97 Å². The molecule has 1 atom stereocenters. The molecular weight excluding hydrogens is 208 g/mol. The summed E-state index contributed by atoms with van der Waals surface area (Å²) in [6.07, 6.45) is 0. The van der Waals surface area contributed by atoms with Crippen molar-refractivity contribution in [1.29, 1.82) is 0 Å². The van der Waals surface area contributed by atoms with Crippen LogP contribution in [0.3, 0.4) is 0 Å². The first-order valence-electron chi connectivity index (χ1n) is 5.58. The average molecular weight is 230 g/mol. The summed E-state index contributed by atoms with van der Waals surface area (Å²) in [5.41, 5.74) is -1.08. The van der Waals surface area contributed by atoms with E-state index in [2.05, 4.69) is 10.2 Å². The van der Waals surface area contributed by atoms with Gasteiger partial charge in [-0.15, -0.1) is 0 Å². The van der Waals surface area contributed by atoms with Gasteiger partial charge in [0.15, 0.2) is 0 Å². The van der Waals surface area contributed by atoms with E-state index in [1.807, 2.05) is 13.8 Å². The third-order valence-electron chi connectivity index (χ3n) is 3.07. The zero-order valence-electron chi connectivity index (χ0n) is 10.5. The van der Waals surface area contributed by atoms with E-state index in [1.165, 1.54) is 0 Å². The Morgan fingerprint density at radius 1 is 1.62 bits per heavy atom. The van der Waals surface area contributed by atoms with Gasteiger partial charge in [0.05, 0.1) is 12.2 Å². The van der Waals surface area contributed by atoms with Crippen molar-refractivity contribution in [3.05, 3.63) is 0 Å². The third kappa shape index (κ3) is 3.17. The van der Waals surface area contributed by atoms with Crippen LogP contribution in [-0.4, -0.2) is 60.4 Å². The van der Waals surface area contributed by atoms with E-state index in [0.717, 1.165) is 13.1 Å². The highest BCUT2D eigenvalue weighted by Gasteiger charge is 2.36. The maximum atomic E-state index is 11.2. The first-order chi connectivity index (χ1) is 7.29. The predicted octanol–water partition coefficient (Wildman–Crippen LogP) is 0.160. The van der Waals surface area contributed by atoms with Gasteiger partial charge >= 0.3 is 5.97 Å². The minimum Gasteiger partial charge on any atom is -0.480 e. The fourth-order valence-electron chi connectivity index (χ4n) is 1.95. The van der Waals surface area contributed by atoms with Crippen LogP contribution >= 0.6 is 0 Å². The molecule has 0 aliphatic carbocycles. The molecule has 0 aromatic heterocycles. The molecular formula is C11H22N2O3. The standard InChI is InChI=1S/C11H22N2O3/c1-10(2)7-13(5-6-16-10)8-11(3,12-4)9(14)15/h12H,5-8H2,1-4H3,(H,14,15). The Bertz CT molecular complexity index is 268. The average Bonchev–Trinajstić information content (AvgIpc) is 2.15. The first kappa shape index (κ1) is 13.4. The lowest BCUT2D eigenvalue weighted by atomic mass is 10.00. The van der Waals surface area contributed by atoms with Crippen LogP contribution in [0.4, 0.5) is 0 Å². The summed E-state index contributed by atoms with van der Waals surface area (Å²) in [5.74, 6) is -0.820. The molecule has 5 nitrogen and oxygen atoms in total. The molecule has 0 amide bonds. The van der Waals surface area contributed by atoms with Gasteiger partial charge in [0.2, 0.25) is 0 Å². The van der Waals surface area contributed by atoms with Crippen LogP contribution in [0.5, 0.6) is 0 Å². The van der Waals surface area contributed by atoms with Crippen LogP contribution < -0.4 is 5.32 Å². The van der Waals surface area contributed by atoms with E-state index >= 15 is 0 Å². The minimum absolute atomic E-state index is 0.189. The molecule has 5 heteroatoms. The number of aliphatic carboxylic acids is 1. The molecule has 0 saturated carbocycles. The molecule has 0 aromatic carbocycles. The van der Waals surface area contributed by atoms with Gasteiger partial charge in [0, 0.05) is 19.6 Å². The Kier molecular flexibility index (Phi) is 3.93. The smallest absolute Gasteiger partial charge is 0.324 e. The fourth-order valence-corrected chi connectivity index (χ4v) is 1.95. The molecule has 0 radical (unpaired) electrons. The number of hydrogen-bond acceptors (Lipinski definition) is 4. The quantitative estimate of drug-likeness (QED) is 0.720. The van der Waals surface area contributed by atoms with Gasteiger partial charge in [-0.3, -0.25) is 9.69 Å². The summed E-state index contributed by atoms with van der Waals surface area (Å²) in [5, 5.41) is 12.0. The number of nitrogens with one attached hydrogen (secondary N) is 1. The number of ether oxygens (including phenoxy) is 1. The Balaban J connectivity index is 2.62. The summed E-state index contributed by atoms with van der Waals surface area (Å²) in [6, 6.07) is 0. The number of rotatable bonds is 4. The summed E-state index contributed by atoms with van der Waals surface area (Å²) >= 11 is 0. The van der Waals surface area contributed by atoms with Crippen molar-refractivity contribution in [2.75, 3.05) is 33.3 Å². The number of hydrogen-bond donors (Lipinski definition) is 2. The molecule has 2 N–H and O–H groups in total. The molecule has 0 spiro atoms. The number of carboxylic acid groups (broad SMARTS) is 1. The second kappa shape index (κ2) is 4.69. The highest BCUT2D eigenvalue weighted by Crippen LogP contribution is 2.18. The molecule has 1 aliphatic rings. The van der Waals surface area contributed by atoms with Crippen LogP contribution in [0, 0.1) is 0 Å². The largest absolute Gasteiger partial charge is 0.480 e. The molecule has 16 heavy (non-hydrogen) atoms. The van der Waals surface area contributed by atoms with E-state index in [0.29, 0.717) is 13.2 Å². The van der Waals surface area contributed by atoms with Gasteiger partial charge in [-0.25, -0.2) is 0 Å². The van der Waals surface area contributed by atoms with Crippen molar-refractivity contribution in [2.45, 2.75) is 31.9 Å². The number of likely N-dealkylation sites (N-methyl/N-ethyl adjacent to an activating group) is 1. The van der Waals surface area contributed by atoms with Gasteiger partial charge in [0.1, 0.15) is 5.54 Å². The van der Waals surface area contributed by atoms with Crippen LogP contribution in [-0.2, 0) is 9.53 Å². The molecule has 1 heterocycles. The molecule has 1 rings (SSSR count). The van der Waals surface area contributed by atoms with E-state index in [4.69, 9.17) is 4.74 Å². The normalized spacial score (nSPS) is 25.0. The highest BCUT2D eigenvalue weighted by molar-refractivity contribution is 5.78. The van der Waals surface area contributed by atoms with Crippen molar-refractivity contribution in [3.8, 4) is 0 Å². The predicted molar refractivity (Wildman–Crippen MR) is 61.6 cm³/mol. The summed E-state index contributed by atoms with van der Waals surface area (Å²) in [4.78, 5) is 13.3. The van der Waals surface area contributed by atoms with Crippen molar-refractivity contribution in [2.24, 2.45) is 0 Å². The molecule has 94 valence electrons.